The summed E-state index contributed by atoms with van der Waals surface area (Å²) in [7, 11) is 0. The van der Waals surface area contributed by atoms with Crippen molar-refractivity contribution >= 4 is 36.4 Å². The molecule has 4 rings (SSSR count). The van der Waals surface area contributed by atoms with E-state index in [9.17, 15) is 4.79 Å². The predicted molar refractivity (Wildman–Crippen MR) is 120 cm³/mol. The van der Waals surface area contributed by atoms with E-state index < -0.39 is 0 Å². The van der Waals surface area contributed by atoms with Crippen LogP contribution in [-0.2, 0) is 6.42 Å². The SMILES string of the molecule is Cc1c(C(=O)NCCCN2CCc3ccccc32)nnn1C1CCNCC1.Cl.Cl. The lowest BCUT2D eigenvalue weighted by Crippen LogP contribution is -2.31. The molecule has 160 valence electrons. The molecule has 0 atom stereocenters. The van der Waals surface area contributed by atoms with E-state index in [0.29, 0.717) is 18.3 Å². The number of hydrogen-bond donors (Lipinski definition) is 2. The molecule has 0 bridgehead atoms. The number of rotatable bonds is 6. The Kier molecular flexibility index (Phi) is 8.74. The zero-order valence-corrected chi connectivity index (χ0v) is 18.4. The summed E-state index contributed by atoms with van der Waals surface area (Å²) in [6.07, 6.45) is 4.09. The van der Waals surface area contributed by atoms with E-state index in [2.05, 4.69) is 50.1 Å². The van der Waals surface area contributed by atoms with Crippen molar-refractivity contribution in [1.29, 1.82) is 0 Å². The number of benzene rings is 1. The third kappa shape index (κ3) is 5.21. The minimum absolute atomic E-state index is 0. The Balaban J connectivity index is 0.00000150. The van der Waals surface area contributed by atoms with Gasteiger partial charge in [0.25, 0.3) is 5.91 Å². The van der Waals surface area contributed by atoms with Gasteiger partial charge in [-0.3, -0.25) is 4.79 Å². The van der Waals surface area contributed by atoms with Crippen LogP contribution in [0.4, 0.5) is 5.69 Å². The zero-order chi connectivity index (χ0) is 18.6. The topological polar surface area (TPSA) is 75.1 Å². The molecule has 2 aliphatic rings. The standard InChI is InChI=1S/C20H28N6O.2ClH/c1-15-19(23-24-26(15)17-7-11-21-12-8-17)20(27)22-10-4-13-25-14-9-16-5-2-3-6-18(16)25;;/h2-3,5-6,17,21H,4,7-14H2,1H3,(H,22,27);2*1H. The lowest BCUT2D eigenvalue weighted by Gasteiger charge is -2.23. The van der Waals surface area contributed by atoms with Crippen molar-refractivity contribution in [2.24, 2.45) is 0 Å². The first-order valence-corrected chi connectivity index (χ1v) is 9.97. The maximum Gasteiger partial charge on any atom is 0.273 e. The van der Waals surface area contributed by atoms with Crippen LogP contribution in [-0.4, -0.2) is 53.6 Å². The highest BCUT2D eigenvalue weighted by atomic mass is 35.5. The third-order valence-electron chi connectivity index (χ3n) is 5.67. The molecule has 1 saturated heterocycles. The highest BCUT2D eigenvalue weighted by molar-refractivity contribution is 5.93. The van der Waals surface area contributed by atoms with Crippen LogP contribution < -0.4 is 15.5 Å². The molecule has 7 nitrogen and oxygen atoms in total. The molecular formula is C20H30Cl2N6O. The number of hydrogen-bond acceptors (Lipinski definition) is 5. The number of nitrogens with zero attached hydrogens (tertiary/aromatic N) is 4. The van der Waals surface area contributed by atoms with Gasteiger partial charge in [0.15, 0.2) is 5.69 Å². The van der Waals surface area contributed by atoms with Gasteiger partial charge in [0.1, 0.15) is 0 Å². The second kappa shape index (κ2) is 10.8. The second-order valence-electron chi connectivity index (χ2n) is 7.42. The monoisotopic (exact) mass is 440 g/mol. The fraction of sp³-hybridized carbons (Fsp3) is 0.550. The minimum Gasteiger partial charge on any atom is -0.371 e. The van der Waals surface area contributed by atoms with Crippen LogP contribution in [0, 0.1) is 6.92 Å². The van der Waals surface area contributed by atoms with Gasteiger partial charge in [-0.2, -0.15) is 0 Å². The van der Waals surface area contributed by atoms with E-state index in [1.165, 1.54) is 11.3 Å². The van der Waals surface area contributed by atoms with E-state index in [1.54, 1.807) is 0 Å². The molecule has 0 unspecified atom stereocenters. The minimum atomic E-state index is -0.116. The van der Waals surface area contributed by atoms with Crippen molar-refractivity contribution in [2.45, 2.75) is 38.6 Å². The van der Waals surface area contributed by atoms with Crippen molar-refractivity contribution in [3.63, 3.8) is 0 Å². The quantitative estimate of drug-likeness (QED) is 0.674. The van der Waals surface area contributed by atoms with Gasteiger partial charge in [0.05, 0.1) is 11.7 Å². The summed E-state index contributed by atoms with van der Waals surface area (Å²) < 4.78 is 1.93. The fourth-order valence-electron chi connectivity index (χ4n) is 4.14. The first-order chi connectivity index (χ1) is 13.2. The maximum atomic E-state index is 12.5. The molecule has 1 aromatic carbocycles. The first kappa shape index (κ1) is 23.4. The van der Waals surface area contributed by atoms with Crippen LogP contribution in [0.15, 0.2) is 24.3 Å². The molecular weight excluding hydrogens is 411 g/mol. The van der Waals surface area contributed by atoms with Crippen molar-refractivity contribution in [3.05, 3.63) is 41.2 Å². The summed E-state index contributed by atoms with van der Waals surface area (Å²) in [6.45, 7) is 6.60. The largest absolute Gasteiger partial charge is 0.371 e. The number of nitrogens with one attached hydrogen (secondary N) is 2. The van der Waals surface area contributed by atoms with Gasteiger partial charge < -0.3 is 15.5 Å². The number of halogens is 2. The summed E-state index contributed by atoms with van der Waals surface area (Å²) in [6, 6.07) is 8.92. The number of amides is 1. The molecule has 29 heavy (non-hydrogen) atoms. The summed E-state index contributed by atoms with van der Waals surface area (Å²) in [5.74, 6) is -0.116. The van der Waals surface area contributed by atoms with Crippen LogP contribution in [0.2, 0.25) is 0 Å². The molecule has 3 heterocycles. The van der Waals surface area contributed by atoms with Crippen LogP contribution in [0.1, 0.15) is 47.1 Å². The molecule has 0 saturated carbocycles. The Bertz CT molecular complexity index is 806. The summed E-state index contributed by atoms with van der Waals surface area (Å²) >= 11 is 0. The van der Waals surface area contributed by atoms with E-state index in [0.717, 1.165) is 57.6 Å². The second-order valence-corrected chi connectivity index (χ2v) is 7.42. The van der Waals surface area contributed by atoms with Crippen LogP contribution >= 0.6 is 24.8 Å². The number of para-hydroxylation sites is 1. The molecule has 1 aromatic heterocycles. The van der Waals surface area contributed by atoms with Gasteiger partial charge in [-0.15, -0.1) is 29.9 Å². The Morgan fingerprint density at radius 2 is 2.00 bits per heavy atom. The molecule has 1 fully saturated rings. The van der Waals surface area contributed by atoms with Gasteiger partial charge in [-0.25, -0.2) is 4.68 Å². The van der Waals surface area contributed by atoms with Crippen molar-refractivity contribution in [3.8, 4) is 0 Å². The Labute approximate surface area is 184 Å². The van der Waals surface area contributed by atoms with E-state index in [1.807, 2.05) is 11.6 Å². The van der Waals surface area contributed by atoms with Gasteiger partial charge in [0.2, 0.25) is 0 Å². The Morgan fingerprint density at radius 1 is 1.24 bits per heavy atom. The number of anilines is 1. The van der Waals surface area contributed by atoms with E-state index in [-0.39, 0.29) is 30.7 Å². The normalized spacial score (nSPS) is 16.0. The number of fused-ring (bicyclic) bond motifs is 1. The average Bonchev–Trinajstić information content (AvgIpc) is 3.29. The first-order valence-electron chi connectivity index (χ1n) is 9.97. The maximum absolute atomic E-state index is 12.5. The predicted octanol–water partition coefficient (Wildman–Crippen LogP) is 2.54. The average molecular weight is 441 g/mol. The molecule has 2 aliphatic heterocycles. The van der Waals surface area contributed by atoms with Crippen molar-refractivity contribution < 1.29 is 4.79 Å². The molecule has 2 aromatic rings. The van der Waals surface area contributed by atoms with Crippen molar-refractivity contribution in [1.82, 2.24) is 25.6 Å². The molecule has 0 spiro atoms. The van der Waals surface area contributed by atoms with Crippen LogP contribution in [0.3, 0.4) is 0 Å². The lowest BCUT2D eigenvalue weighted by atomic mass is 10.1. The molecule has 0 radical (unpaired) electrons. The number of aromatic nitrogens is 3. The highest BCUT2D eigenvalue weighted by Crippen LogP contribution is 2.27. The fourth-order valence-corrected chi connectivity index (χ4v) is 4.14. The molecule has 0 aliphatic carbocycles. The smallest absolute Gasteiger partial charge is 0.273 e. The van der Waals surface area contributed by atoms with Gasteiger partial charge in [0, 0.05) is 25.3 Å². The van der Waals surface area contributed by atoms with E-state index >= 15 is 0 Å². The molecule has 9 heteroatoms. The number of piperidine rings is 1. The third-order valence-corrected chi connectivity index (χ3v) is 5.67. The summed E-state index contributed by atoms with van der Waals surface area (Å²) in [4.78, 5) is 14.9. The van der Waals surface area contributed by atoms with E-state index in [4.69, 9.17) is 0 Å². The van der Waals surface area contributed by atoms with Gasteiger partial charge in [-0.1, -0.05) is 23.4 Å². The highest BCUT2D eigenvalue weighted by Gasteiger charge is 2.23. The Hall–Kier alpha value is -1.83. The number of carbonyl (C=O) groups is 1. The lowest BCUT2D eigenvalue weighted by molar-refractivity contribution is 0.0947. The Morgan fingerprint density at radius 3 is 2.79 bits per heavy atom. The summed E-state index contributed by atoms with van der Waals surface area (Å²) in [5.41, 5.74) is 4.09. The summed E-state index contributed by atoms with van der Waals surface area (Å²) in [5, 5.41) is 14.8. The zero-order valence-electron chi connectivity index (χ0n) is 16.8. The van der Waals surface area contributed by atoms with Crippen LogP contribution in [0.5, 0.6) is 0 Å². The van der Waals surface area contributed by atoms with Gasteiger partial charge >= 0.3 is 0 Å². The molecule has 2 N–H and O–H groups in total. The van der Waals surface area contributed by atoms with Crippen LogP contribution in [0.25, 0.3) is 0 Å². The number of carbonyl (C=O) groups excluding carboxylic acids is 1. The van der Waals surface area contributed by atoms with Crippen molar-refractivity contribution in [2.75, 3.05) is 37.6 Å². The van der Waals surface area contributed by atoms with Gasteiger partial charge in [-0.05, 0) is 57.3 Å². The molecule has 1 amide bonds.